The number of hydrogen-bond donors (Lipinski definition) is 2. The van der Waals surface area contributed by atoms with Gasteiger partial charge in [0.25, 0.3) is 5.91 Å². The van der Waals surface area contributed by atoms with Crippen molar-refractivity contribution in [3.8, 4) is 11.6 Å². The number of para-hydroxylation sites is 1. The quantitative estimate of drug-likeness (QED) is 0.509. The summed E-state index contributed by atoms with van der Waals surface area (Å²) < 4.78 is 21.8. The molecule has 2 N–H and O–H groups in total. The normalized spacial score (nSPS) is 15.4. The van der Waals surface area contributed by atoms with Gasteiger partial charge in [-0.2, -0.15) is 4.98 Å². The fourth-order valence-corrected chi connectivity index (χ4v) is 3.66. The van der Waals surface area contributed by atoms with Crippen LogP contribution >= 0.6 is 0 Å². The van der Waals surface area contributed by atoms with Gasteiger partial charge in [0.15, 0.2) is 5.76 Å². The highest BCUT2D eigenvalue weighted by atomic mass is 19.1. The number of anilines is 2. The fourth-order valence-electron chi connectivity index (χ4n) is 3.66. The van der Waals surface area contributed by atoms with Gasteiger partial charge in [0.1, 0.15) is 11.9 Å². The summed E-state index contributed by atoms with van der Waals surface area (Å²) in [7, 11) is 0. The minimum absolute atomic E-state index is 0.318. The van der Waals surface area contributed by atoms with E-state index in [9.17, 15) is 9.18 Å². The first kappa shape index (κ1) is 18.8. The molecule has 1 aliphatic rings. The lowest BCUT2D eigenvalue weighted by atomic mass is 9.94. The molecular weight excluding hydrogens is 397 g/mol. The van der Waals surface area contributed by atoms with Crippen LogP contribution in [0.4, 0.5) is 16.0 Å². The van der Waals surface area contributed by atoms with Gasteiger partial charge in [-0.15, -0.1) is 5.10 Å². The van der Waals surface area contributed by atoms with E-state index in [0.29, 0.717) is 40.1 Å². The van der Waals surface area contributed by atoms with E-state index in [0.717, 1.165) is 0 Å². The summed E-state index contributed by atoms with van der Waals surface area (Å²) in [6.45, 7) is 1.76. The average molecular weight is 415 g/mol. The lowest BCUT2D eigenvalue weighted by molar-refractivity contribution is -0.113. The van der Waals surface area contributed by atoms with Crippen molar-refractivity contribution in [2.24, 2.45) is 0 Å². The molecule has 31 heavy (non-hydrogen) atoms. The SMILES string of the molecule is CC1=C(C(=O)Nc2ccccc2)C(c2ccccc2F)n2nc(-c3ccco3)nc2N1. The molecule has 0 radical (unpaired) electrons. The Morgan fingerprint density at radius 3 is 2.61 bits per heavy atom. The Labute approximate surface area is 177 Å². The molecule has 7 nitrogen and oxygen atoms in total. The molecule has 0 bridgehead atoms. The molecule has 0 spiro atoms. The first-order valence-corrected chi connectivity index (χ1v) is 9.71. The van der Waals surface area contributed by atoms with Crippen LogP contribution in [0.15, 0.2) is 88.7 Å². The van der Waals surface area contributed by atoms with Crippen molar-refractivity contribution in [2.75, 3.05) is 10.6 Å². The molecule has 5 rings (SSSR count). The zero-order chi connectivity index (χ0) is 21.4. The van der Waals surface area contributed by atoms with Crippen LogP contribution in [0, 0.1) is 5.82 Å². The monoisotopic (exact) mass is 415 g/mol. The third-order valence-electron chi connectivity index (χ3n) is 5.07. The number of carbonyl (C=O) groups excluding carboxylic acids is 1. The molecule has 2 aromatic heterocycles. The third kappa shape index (κ3) is 3.38. The smallest absolute Gasteiger partial charge is 0.255 e. The first-order valence-electron chi connectivity index (χ1n) is 9.71. The van der Waals surface area contributed by atoms with Crippen LogP contribution in [-0.4, -0.2) is 20.7 Å². The Morgan fingerprint density at radius 1 is 1.10 bits per heavy atom. The number of nitrogens with one attached hydrogen (secondary N) is 2. The van der Waals surface area contributed by atoms with E-state index in [1.165, 1.54) is 17.0 Å². The number of nitrogens with zero attached hydrogens (tertiary/aromatic N) is 3. The van der Waals surface area contributed by atoms with Gasteiger partial charge in [0.2, 0.25) is 11.8 Å². The van der Waals surface area contributed by atoms with Crippen LogP contribution in [0.3, 0.4) is 0 Å². The second-order valence-electron chi connectivity index (χ2n) is 7.09. The molecular formula is C23H18FN5O2. The average Bonchev–Trinajstić information content (AvgIpc) is 3.43. The van der Waals surface area contributed by atoms with E-state index < -0.39 is 11.9 Å². The molecule has 0 saturated heterocycles. The maximum absolute atomic E-state index is 14.9. The number of aromatic nitrogens is 3. The summed E-state index contributed by atoms with van der Waals surface area (Å²) in [5.74, 6) is 0.419. The maximum atomic E-state index is 14.9. The first-order chi connectivity index (χ1) is 15.1. The minimum Gasteiger partial charge on any atom is -0.461 e. The summed E-state index contributed by atoms with van der Waals surface area (Å²) in [5, 5.41) is 10.5. The predicted octanol–water partition coefficient (Wildman–Crippen LogP) is 4.60. The van der Waals surface area contributed by atoms with E-state index in [1.807, 2.05) is 18.2 Å². The summed E-state index contributed by atoms with van der Waals surface area (Å²) in [6.07, 6.45) is 1.53. The Morgan fingerprint density at radius 2 is 1.87 bits per heavy atom. The van der Waals surface area contributed by atoms with Crippen molar-refractivity contribution in [3.63, 3.8) is 0 Å². The summed E-state index contributed by atoms with van der Waals surface area (Å²) in [5.41, 5.74) is 1.87. The fraction of sp³-hybridized carbons (Fsp3) is 0.0870. The number of furan rings is 1. The Kier molecular flexibility index (Phi) is 4.59. The van der Waals surface area contributed by atoms with Crippen LogP contribution in [-0.2, 0) is 4.79 Å². The lowest BCUT2D eigenvalue weighted by Crippen LogP contribution is -2.32. The van der Waals surface area contributed by atoms with Gasteiger partial charge in [0.05, 0.1) is 11.8 Å². The largest absolute Gasteiger partial charge is 0.461 e. The van der Waals surface area contributed by atoms with Gasteiger partial charge >= 0.3 is 0 Å². The molecule has 1 unspecified atom stereocenters. The Bertz CT molecular complexity index is 1280. The van der Waals surface area contributed by atoms with Gasteiger partial charge in [-0.05, 0) is 37.3 Å². The molecule has 3 heterocycles. The highest BCUT2D eigenvalue weighted by Crippen LogP contribution is 2.37. The molecule has 1 aliphatic heterocycles. The standard InChI is InChI=1S/C23H18FN5O2/c1-14-19(22(30)26-15-8-3-2-4-9-15)20(16-10-5-6-11-17(16)24)29-23(25-14)27-21(28-29)18-12-7-13-31-18/h2-13,20H,1H3,(H,26,30)(H,25,27,28). The van der Waals surface area contributed by atoms with Gasteiger partial charge in [-0.3, -0.25) is 4.79 Å². The highest BCUT2D eigenvalue weighted by molar-refractivity contribution is 6.06. The van der Waals surface area contributed by atoms with Crippen LogP contribution in [0.2, 0.25) is 0 Å². The van der Waals surface area contributed by atoms with Crippen molar-refractivity contribution >= 4 is 17.5 Å². The topological polar surface area (TPSA) is 85.0 Å². The van der Waals surface area contributed by atoms with Crippen LogP contribution in [0.25, 0.3) is 11.6 Å². The zero-order valence-electron chi connectivity index (χ0n) is 16.5. The predicted molar refractivity (Wildman–Crippen MR) is 114 cm³/mol. The van der Waals surface area contributed by atoms with Crippen molar-refractivity contribution in [2.45, 2.75) is 13.0 Å². The zero-order valence-corrected chi connectivity index (χ0v) is 16.5. The van der Waals surface area contributed by atoms with Crippen LogP contribution in [0.5, 0.6) is 0 Å². The Balaban J connectivity index is 1.63. The molecule has 4 aromatic rings. The van der Waals surface area contributed by atoms with E-state index in [4.69, 9.17) is 4.42 Å². The van der Waals surface area contributed by atoms with E-state index in [-0.39, 0.29) is 5.91 Å². The van der Waals surface area contributed by atoms with Crippen molar-refractivity contribution in [1.29, 1.82) is 0 Å². The third-order valence-corrected chi connectivity index (χ3v) is 5.07. The van der Waals surface area contributed by atoms with Crippen molar-refractivity contribution < 1.29 is 13.6 Å². The summed E-state index contributed by atoms with van der Waals surface area (Å²) in [4.78, 5) is 17.8. The van der Waals surface area contributed by atoms with E-state index >= 15 is 0 Å². The number of amides is 1. The summed E-state index contributed by atoms with van der Waals surface area (Å²) >= 11 is 0. The molecule has 1 amide bonds. The van der Waals surface area contributed by atoms with Crippen molar-refractivity contribution in [1.82, 2.24) is 14.8 Å². The molecule has 0 aliphatic carbocycles. The molecule has 2 aromatic carbocycles. The highest BCUT2D eigenvalue weighted by Gasteiger charge is 2.36. The van der Waals surface area contributed by atoms with E-state index in [2.05, 4.69) is 20.7 Å². The number of carbonyl (C=O) groups is 1. The van der Waals surface area contributed by atoms with Crippen LogP contribution < -0.4 is 10.6 Å². The molecule has 8 heteroatoms. The van der Waals surface area contributed by atoms with Gasteiger partial charge in [-0.1, -0.05) is 36.4 Å². The van der Waals surface area contributed by atoms with Gasteiger partial charge in [0, 0.05) is 16.9 Å². The Hall–Kier alpha value is -4.20. The van der Waals surface area contributed by atoms with Crippen LogP contribution in [0.1, 0.15) is 18.5 Å². The van der Waals surface area contributed by atoms with E-state index in [1.54, 1.807) is 49.4 Å². The molecule has 0 fully saturated rings. The number of rotatable bonds is 4. The number of halogens is 1. The summed E-state index contributed by atoms with van der Waals surface area (Å²) in [6, 6.07) is 18.1. The number of hydrogen-bond acceptors (Lipinski definition) is 5. The van der Waals surface area contributed by atoms with Gasteiger partial charge in [-0.25, -0.2) is 9.07 Å². The maximum Gasteiger partial charge on any atom is 0.255 e. The number of fused-ring (bicyclic) bond motifs is 1. The molecule has 1 atom stereocenters. The lowest BCUT2D eigenvalue weighted by Gasteiger charge is -2.28. The molecule has 0 saturated carbocycles. The number of allylic oxidation sites excluding steroid dienone is 1. The second-order valence-corrected chi connectivity index (χ2v) is 7.09. The second kappa shape index (κ2) is 7.56. The number of benzene rings is 2. The molecule has 154 valence electrons. The minimum atomic E-state index is -0.808. The van der Waals surface area contributed by atoms with Gasteiger partial charge < -0.3 is 15.1 Å². The van der Waals surface area contributed by atoms with Crippen molar-refractivity contribution in [3.05, 3.63) is 95.6 Å².